The highest BCUT2D eigenvalue weighted by Gasteiger charge is 2.46. The summed E-state index contributed by atoms with van der Waals surface area (Å²) >= 11 is 6.36. The lowest BCUT2D eigenvalue weighted by atomic mass is 9.91. The smallest absolute Gasteiger partial charge is 0.295 e. The Morgan fingerprint density at radius 2 is 1.84 bits per heavy atom. The van der Waals surface area contributed by atoms with Gasteiger partial charge in [0.15, 0.2) is 0 Å². The fraction of sp³-hybridized carbons (Fsp3) is 0.231. The fourth-order valence-electron chi connectivity index (χ4n) is 4.21. The second kappa shape index (κ2) is 9.05. The van der Waals surface area contributed by atoms with Crippen LogP contribution in [-0.2, 0) is 9.59 Å². The van der Waals surface area contributed by atoms with Crippen LogP contribution >= 0.6 is 11.6 Å². The van der Waals surface area contributed by atoms with Crippen LogP contribution in [0.3, 0.4) is 0 Å². The molecule has 164 valence electrons. The monoisotopic (exact) mass is 449 g/mol. The molecule has 6 heteroatoms. The van der Waals surface area contributed by atoms with Gasteiger partial charge >= 0.3 is 0 Å². The number of methoxy groups -OCH3 is 1. The Balaban J connectivity index is 1.98. The number of hydrogen-bond donors (Lipinski definition) is 1. The lowest BCUT2D eigenvalue weighted by Crippen LogP contribution is -2.30. The van der Waals surface area contributed by atoms with Crippen LogP contribution in [0, 0.1) is 0 Å². The summed E-state index contributed by atoms with van der Waals surface area (Å²) in [5.74, 6) is -1.14. The summed E-state index contributed by atoms with van der Waals surface area (Å²) in [5, 5.41) is 13.5. The van der Waals surface area contributed by atoms with Gasteiger partial charge in [0.1, 0.15) is 11.5 Å². The predicted octanol–water partition coefficient (Wildman–Crippen LogP) is 5.72. The summed E-state index contributed by atoms with van der Waals surface area (Å²) in [6, 6.07) is 17.7. The lowest BCUT2D eigenvalue weighted by Gasteiger charge is -2.26. The zero-order chi connectivity index (χ0) is 22.8. The van der Waals surface area contributed by atoms with Gasteiger partial charge in [0, 0.05) is 12.1 Å². The first-order valence-electron chi connectivity index (χ1n) is 10.6. The average Bonchev–Trinajstić information content (AvgIpc) is 3.07. The van der Waals surface area contributed by atoms with Crippen molar-refractivity contribution in [1.29, 1.82) is 0 Å². The van der Waals surface area contributed by atoms with Gasteiger partial charge in [-0.05, 0) is 41.0 Å². The predicted molar refractivity (Wildman–Crippen MR) is 126 cm³/mol. The molecule has 0 radical (unpaired) electrons. The molecule has 1 saturated heterocycles. The number of ketones is 1. The van der Waals surface area contributed by atoms with Gasteiger partial charge in [0.2, 0.25) is 0 Å². The molecule has 1 amide bonds. The number of likely N-dealkylation sites (tertiary alicyclic amines) is 1. The van der Waals surface area contributed by atoms with Crippen molar-refractivity contribution in [3.05, 3.63) is 82.4 Å². The van der Waals surface area contributed by atoms with Gasteiger partial charge in [-0.1, -0.05) is 67.4 Å². The molecule has 5 nitrogen and oxygen atoms in total. The molecule has 0 bridgehead atoms. The van der Waals surface area contributed by atoms with Gasteiger partial charge < -0.3 is 14.7 Å². The standard InChI is InChI=1S/C26H24ClNO4/c1-3-4-14-28-23(19-11-7-9-16-8-5-6-10-18(16)19)22(25(30)26(28)31)24(29)20-15-17(32-2)12-13-21(20)27/h5-13,15,23,29H,3-4,14H2,1-2H3/b24-22+. The Labute approximate surface area is 191 Å². The normalized spacial score (nSPS) is 17.8. The maximum atomic E-state index is 13.2. The van der Waals surface area contributed by atoms with Gasteiger partial charge in [0.05, 0.1) is 23.7 Å². The third-order valence-electron chi connectivity index (χ3n) is 5.84. The number of aliphatic hydroxyl groups excluding tert-OH is 1. The van der Waals surface area contributed by atoms with E-state index in [0.717, 1.165) is 29.2 Å². The van der Waals surface area contributed by atoms with Crippen LogP contribution in [0.25, 0.3) is 16.5 Å². The number of fused-ring (bicyclic) bond motifs is 1. The number of carbonyl (C=O) groups is 2. The first-order valence-corrected chi connectivity index (χ1v) is 11.0. The molecule has 32 heavy (non-hydrogen) atoms. The molecule has 3 aromatic rings. The van der Waals surface area contributed by atoms with Crippen LogP contribution < -0.4 is 4.74 Å². The number of benzene rings is 3. The number of aliphatic hydroxyl groups is 1. The minimum absolute atomic E-state index is 0.0395. The van der Waals surface area contributed by atoms with Crippen molar-refractivity contribution < 1.29 is 19.4 Å². The molecule has 1 unspecified atom stereocenters. The maximum Gasteiger partial charge on any atom is 0.295 e. The molecule has 0 aromatic heterocycles. The van der Waals surface area contributed by atoms with Gasteiger partial charge in [-0.2, -0.15) is 0 Å². The fourth-order valence-corrected chi connectivity index (χ4v) is 4.42. The quantitative estimate of drug-likeness (QED) is 0.297. The summed E-state index contributed by atoms with van der Waals surface area (Å²) in [6.45, 7) is 2.44. The molecule has 0 spiro atoms. The molecular weight excluding hydrogens is 426 g/mol. The summed E-state index contributed by atoms with van der Waals surface area (Å²) < 4.78 is 5.26. The Kier molecular flexibility index (Phi) is 6.19. The number of nitrogens with zero attached hydrogens (tertiary/aromatic N) is 1. The van der Waals surface area contributed by atoms with Crippen molar-refractivity contribution in [1.82, 2.24) is 4.90 Å². The van der Waals surface area contributed by atoms with Crippen LogP contribution in [0.15, 0.2) is 66.2 Å². The van der Waals surface area contributed by atoms with Crippen LogP contribution in [0.2, 0.25) is 5.02 Å². The van der Waals surface area contributed by atoms with E-state index in [9.17, 15) is 14.7 Å². The highest BCUT2D eigenvalue weighted by atomic mass is 35.5. The SMILES string of the molecule is CCCCN1C(=O)C(=O)/C(=C(/O)c2cc(OC)ccc2Cl)C1c1cccc2ccccc12. The topological polar surface area (TPSA) is 66.8 Å². The molecule has 1 N–H and O–H groups in total. The van der Waals surface area contributed by atoms with E-state index >= 15 is 0 Å². The van der Waals surface area contributed by atoms with E-state index in [4.69, 9.17) is 16.3 Å². The highest BCUT2D eigenvalue weighted by Crippen LogP contribution is 2.43. The molecular formula is C26H24ClNO4. The zero-order valence-electron chi connectivity index (χ0n) is 18.0. The second-order valence-corrected chi connectivity index (χ2v) is 8.17. The van der Waals surface area contributed by atoms with Crippen molar-refractivity contribution in [2.75, 3.05) is 13.7 Å². The van der Waals surface area contributed by atoms with Crippen LogP contribution in [0.5, 0.6) is 5.75 Å². The number of halogens is 1. The van der Waals surface area contributed by atoms with E-state index in [-0.39, 0.29) is 21.9 Å². The summed E-state index contributed by atoms with van der Waals surface area (Å²) in [6.07, 6.45) is 1.61. The average molecular weight is 450 g/mol. The number of hydrogen-bond acceptors (Lipinski definition) is 4. The minimum Gasteiger partial charge on any atom is -0.507 e. The highest BCUT2D eigenvalue weighted by molar-refractivity contribution is 6.47. The van der Waals surface area contributed by atoms with Gasteiger partial charge in [-0.3, -0.25) is 9.59 Å². The third kappa shape index (κ3) is 3.73. The van der Waals surface area contributed by atoms with E-state index in [1.54, 1.807) is 23.1 Å². The first-order chi connectivity index (χ1) is 15.5. The van der Waals surface area contributed by atoms with E-state index in [2.05, 4.69) is 0 Å². The zero-order valence-corrected chi connectivity index (χ0v) is 18.7. The molecule has 1 heterocycles. The number of carbonyl (C=O) groups excluding carboxylic acids is 2. The van der Waals surface area contributed by atoms with Crippen molar-refractivity contribution in [3.63, 3.8) is 0 Å². The number of amides is 1. The summed E-state index contributed by atoms with van der Waals surface area (Å²) in [4.78, 5) is 27.8. The Morgan fingerprint density at radius 3 is 2.59 bits per heavy atom. The Morgan fingerprint density at radius 1 is 1.09 bits per heavy atom. The van der Waals surface area contributed by atoms with Gasteiger partial charge in [0.25, 0.3) is 11.7 Å². The molecule has 0 aliphatic carbocycles. The van der Waals surface area contributed by atoms with E-state index in [1.807, 2.05) is 49.4 Å². The number of rotatable bonds is 6. The molecule has 1 fully saturated rings. The molecule has 3 aromatic carbocycles. The van der Waals surface area contributed by atoms with Crippen molar-refractivity contribution >= 4 is 39.8 Å². The largest absolute Gasteiger partial charge is 0.507 e. The van der Waals surface area contributed by atoms with E-state index in [1.165, 1.54) is 7.11 Å². The number of Topliss-reactive ketones (excluding diaryl/α,β-unsaturated/α-hetero) is 1. The van der Waals surface area contributed by atoms with Crippen molar-refractivity contribution in [2.45, 2.75) is 25.8 Å². The number of unbranched alkanes of at least 4 members (excludes halogenated alkanes) is 1. The van der Waals surface area contributed by atoms with Crippen molar-refractivity contribution in [2.24, 2.45) is 0 Å². The van der Waals surface area contributed by atoms with Gasteiger partial charge in [-0.15, -0.1) is 0 Å². The van der Waals surface area contributed by atoms with Crippen LogP contribution in [0.4, 0.5) is 0 Å². The molecule has 4 rings (SSSR count). The summed E-state index contributed by atoms with van der Waals surface area (Å²) in [5.41, 5.74) is 1.08. The maximum absolute atomic E-state index is 13.2. The van der Waals surface area contributed by atoms with E-state index < -0.39 is 17.7 Å². The van der Waals surface area contributed by atoms with Crippen LogP contribution in [0.1, 0.15) is 36.9 Å². The van der Waals surface area contributed by atoms with Gasteiger partial charge in [-0.25, -0.2) is 0 Å². The molecule has 1 atom stereocenters. The molecule has 0 saturated carbocycles. The molecule has 1 aliphatic rings. The minimum atomic E-state index is -0.713. The lowest BCUT2D eigenvalue weighted by molar-refractivity contribution is -0.139. The second-order valence-electron chi connectivity index (χ2n) is 7.76. The molecule has 1 aliphatic heterocycles. The van der Waals surface area contributed by atoms with Crippen LogP contribution in [-0.4, -0.2) is 35.4 Å². The first kappa shape index (κ1) is 21.9. The Hall–Kier alpha value is -3.31. The Bertz CT molecular complexity index is 1230. The number of ether oxygens (including phenoxy) is 1. The third-order valence-corrected chi connectivity index (χ3v) is 6.17. The summed E-state index contributed by atoms with van der Waals surface area (Å²) in [7, 11) is 1.51. The van der Waals surface area contributed by atoms with E-state index in [0.29, 0.717) is 12.3 Å². The van der Waals surface area contributed by atoms with Crippen molar-refractivity contribution in [3.8, 4) is 5.75 Å².